The van der Waals surface area contributed by atoms with Gasteiger partial charge in [-0.15, -0.1) is 0 Å². The summed E-state index contributed by atoms with van der Waals surface area (Å²) in [6, 6.07) is 11.7. The molecule has 1 amide bonds. The molecule has 0 aliphatic heterocycles. The second-order valence-corrected chi connectivity index (χ2v) is 5.96. The van der Waals surface area contributed by atoms with E-state index >= 15 is 0 Å². The van der Waals surface area contributed by atoms with Gasteiger partial charge < -0.3 is 5.32 Å². The Morgan fingerprint density at radius 1 is 1.15 bits per heavy atom. The van der Waals surface area contributed by atoms with E-state index in [1.807, 2.05) is 6.92 Å². The highest BCUT2D eigenvalue weighted by molar-refractivity contribution is 5.95. The number of aromatic nitrogens is 2. The molecule has 0 unspecified atom stereocenters. The molecular weight excluding hydrogens is 362 g/mol. The van der Waals surface area contributed by atoms with Gasteiger partial charge in [0.2, 0.25) is 0 Å². The van der Waals surface area contributed by atoms with E-state index in [-0.39, 0.29) is 12.2 Å². The van der Waals surface area contributed by atoms with Crippen LogP contribution in [0.15, 0.2) is 54.7 Å². The molecule has 0 radical (unpaired) electrons. The number of carbonyl (C=O) groups excluding carboxylic acids is 1. The highest BCUT2D eigenvalue weighted by Gasteiger charge is 2.40. The van der Waals surface area contributed by atoms with Crippen molar-refractivity contribution in [3.8, 4) is 5.69 Å². The number of benzene rings is 2. The van der Waals surface area contributed by atoms with E-state index in [0.717, 1.165) is 11.8 Å². The molecule has 3 rings (SSSR count). The minimum atomic E-state index is -4.78. The molecule has 0 saturated heterocycles. The average molecular weight is 377 g/mol. The third kappa shape index (κ3) is 4.16. The number of amides is 1. The van der Waals surface area contributed by atoms with Gasteiger partial charge >= 0.3 is 6.18 Å². The number of rotatable bonds is 4. The van der Waals surface area contributed by atoms with Crippen molar-refractivity contribution in [2.75, 3.05) is 0 Å². The van der Waals surface area contributed by atoms with E-state index in [1.54, 1.807) is 18.2 Å². The summed E-state index contributed by atoms with van der Waals surface area (Å²) >= 11 is 0. The Labute approximate surface area is 152 Å². The Bertz CT molecular complexity index is 962. The molecule has 1 aromatic heterocycles. The van der Waals surface area contributed by atoms with Crippen molar-refractivity contribution in [1.82, 2.24) is 15.1 Å². The first kappa shape index (κ1) is 18.6. The highest BCUT2D eigenvalue weighted by Crippen LogP contribution is 2.33. The second kappa shape index (κ2) is 7.22. The summed E-state index contributed by atoms with van der Waals surface area (Å²) in [5.74, 6) is -1.44. The predicted octanol–water partition coefficient (Wildman–Crippen LogP) is 4.27. The lowest BCUT2D eigenvalue weighted by atomic mass is 10.2. The fraction of sp³-hybridized carbons (Fsp3) is 0.158. The molecule has 140 valence electrons. The summed E-state index contributed by atoms with van der Waals surface area (Å²) in [6.07, 6.45) is -3.91. The molecule has 4 nitrogen and oxygen atoms in total. The number of hydrogen-bond donors (Lipinski definition) is 1. The zero-order chi connectivity index (χ0) is 19.6. The summed E-state index contributed by atoms with van der Waals surface area (Å²) < 4.78 is 54.7. The Hall–Kier alpha value is -3.16. The first-order valence-electron chi connectivity index (χ1n) is 8.00. The molecule has 0 spiro atoms. The fourth-order valence-corrected chi connectivity index (χ4v) is 2.59. The lowest BCUT2D eigenvalue weighted by molar-refractivity contribution is -0.143. The van der Waals surface area contributed by atoms with Crippen LogP contribution in [0.2, 0.25) is 0 Å². The summed E-state index contributed by atoms with van der Waals surface area (Å²) in [5, 5.41) is 6.12. The molecule has 0 fully saturated rings. The molecule has 1 N–H and O–H groups in total. The SMILES string of the molecule is Cc1ccc(-n2ncc(C(=O)NCc3cccc(F)c3)c2C(F)(F)F)cc1. The number of aryl methyl sites for hydroxylation is 1. The van der Waals surface area contributed by atoms with Crippen molar-refractivity contribution in [2.45, 2.75) is 19.6 Å². The van der Waals surface area contributed by atoms with Crippen LogP contribution in [-0.2, 0) is 12.7 Å². The molecule has 8 heteroatoms. The van der Waals surface area contributed by atoms with Crippen LogP contribution in [0.5, 0.6) is 0 Å². The van der Waals surface area contributed by atoms with Gasteiger partial charge in [0.05, 0.1) is 17.4 Å². The molecule has 2 aromatic carbocycles. The number of halogens is 4. The predicted molar refractivity (Wildman–Crippen MR) is 90.9 cm³/mol. The van der Waals surface area contributed by atoms with Gasteiger partial charge in [-0.25, -0.2) is 9.07 Å². The summed E-state index contributed by atoms with van der Waals surface area (Å²) in [6.45, 7) is 1.70. The Morgan fingerprint density at radius 2 is 1.85 bits per heavy atom. The van der Waals surface area contributed by atoms with E-state index in [1.165, 1.54) is 30.3 Å². The van der Waals surface area contributed by atoms with Crippen molar-refractivity contribution in [2.24, 2.45) is 0 Å². The third-order valence-corrected chi connectivity index (χ3v) is 3.90. The molecule has 0 atom stereocenters. The minimum absolute atomic E-state index is 0.108. The van der Waals surface area contributed by atoms with Gasteiger partial charge in [-0.2, -0.15) is 18.3 Å². The lowest BCUT2D eigenvalue weighted by Gasteiger charge is -2.13. The first-order valence-corrected chi connectivity index (χ1v) is 8.00. The maximum atomic E-state index is 13.6. The third-order valence-electron chi connectivity index (χ3n) is 3.90. The fourth-order valence-electron chi connectivity index (χ4n) is 2.59. The van der Waals surface area contributed by atoms with Crippen LogP contribution >= 0.6 is 0 Å². The van der Waals surface area contributed by atoms with Crippen LogP contribution in [0.25, 0.3) is 5.69 Å². The van der Waals surface area contributed by atoms with Crippen molar-refractivity contribution in [3.63, 3.8) is 0 Å². The van der Waals surface area contributed by atoms with E-state index in [2.05, 4.69) is 10.4 Å². The number of nitrogens with zero attached hydrogens (tertiary/aromatic N) is 2. The maximum absolute atomic E-state index is 13.6. The molecular formula is C19H15F4N3O. The van der Waals surface area contributed by atoms with Crippen LogP contribution in [0.3, 0.4) is 0 Å². The molecule has 3 aromatic rings. The van der Waals surface area contributed by atoms with Gasteiger partial charge in [-0.1, -0.05) is 29.8 Å². The molecule has 0 saturated carbocycles. The standard InChI is InChI=1S/C19H15F4N3O/c1-12-5-7-15(8-6-12)26-17(19(21,22)23)16(11-25-26)18(27)24-10-13-3-2-4-14(20)9-13/h2-9,11H,10H2,1H3,(H,24,27). The van der Waals surface area contributed by atoms with Gasteiger partial charge in [-0.3, -0.25) is 4.79 Å². The van der Waals surface area contributed by atoms with Crippen LogP contribution in [0.4, 0.5) is 17.6 Å². The molecule has 27 heavy (non-hydrogen) atoms. The number of hydrogen-bond acceptors (Lipinski definition) is 2. The molecule has 0 bridgehead atoms. The van der Waals surface area contributed by atoms with Crippen LogP contribution in [-0.4, -0.2) is 15.7 Å². The van der Waals surface area contributed by atoms with Gasteiger partial charge in [0.15, 0.2) is 5.69 Å². The Kier molecular flexibility index (Phi) is 4.98. The minimum Gasteiger partial charge on any atom is -0.348 e. The Morgan fingerprint density at radius 3 is 2.48 bits per heavy atom. The van der Waals surface area contributed by atoms with Crippen LogP contribution < -0.4 is 5.32 Å². The van der Waals surface area contributed by atoms with Crippen molar-refractivity contribution in [3.05, 3.63) is 82.9 Å². The summed E-state index contributed by atoms with van der Waals surface area (Å²) in [4.78, 5) is 12.3. The summed E-state index contributed by atoms with van der Waals surface area (Å²) in [7, 11) is 0. The van der Waals surface area contributed by atoms with Crippen molar-refractivity contribution in [1.29, 1.82) is 0 Å². The largest absolute Gasteiger partial charge is 0.434 e. The van der Waals surface area contributed by atoms with Gasteiger partial charge in [0.1, 0.15) is 5.82 Å². The van der Waals surface area contributed by atoms with E-state index in [0.29, 0.717) is 10.2 Å². The average Bonchev–Trinajstić information content (AvgIpc) is 3.06. The van der Waals surface area contributed by atoms with Crippen molar-refractivity contribution < 1.29 is 22.4 Å². The maximum Gasteiger partial charge on any atom is 0.434 e. The molecule has 0 aliphatic rings. The molecule has 0 aliphatic carbocycles. The first-order chi connectivity index (χ1) is 12.8. The lowest BCUT2D eigenvalue weighted by Crippen LogP contribution is -2.26. The Balaban J connectivity index is 1.90. The van der Waals surface area contributed by atoms with E-state index in [9.17, 15) is 22.4 Å². The zero-order valence-corrected chi connectivity index (χ0v) is 14.2. The molecule has 1 heterocycles. The smallest absolute Gasteiger partial charge is 0.348 e. The quantitative estimate of drug-likeness (QED) is 0.691. The van der Waals surface area contributed by atoms with E-state index < -0.39 is 29.2 Å². The van der Waals surface area contributed by atoms with Gasteiger partial charge in [-0.05, 0) is 36.8 Å². The topological polar surface area (TPSA) is 46.9 Å². The van der Waals surface area contributed by atoms with Crippen LogP contribution in [0, 0.1) is 12.7 Å². The van der Waals surface area contributed by atoms with Gasteiger partial charge in [0, 0.05) is 6.54 Å². The second-order valence-electron chi connectivity index (χ2n) is 5.96. The van der Waals surface area contributed by atoms with Crippen molar-refractivity contribution >= 4 is 5.91 Å². The number of alkyl halides is 3. The monoisotopic (exact) mass is 377 g/mol. The van der Waals surface area contributed by atoms with Gasteiger partial charge in [0.25, 0.3) is 5.91 Å². The summed E-state index contributed by atoms with van der Waals surface area (Å²) in [5.41, 5.74) is -0.255. The zero-order valence-electron chi connectivity index (χ0n) is 14.2. The number of carbonyl (C=O) groups is 1. The normalized spacial score (nSPS) is 11.4. The highest BCUT2D eigenvalue weighted by atomic mass is 19.4. The van der Waals surface area contributed by atoms with Crippen LogP contribution in [0.1, 0.15) is 27.2 Å². The van der Waals surface area contributed by atoms with E-state index in [4.69, 9.17) is 0 Å². The number of nitrogens with one attached hydrogen (secondary N) is 1.